The molecule has 0 unspecified atom stereocenters. The van der Waals surface area contributed by atoms with Gasteiger partial charge in [-0.25, -0.2) is 12.8 Å². The van der Waals surface area contributed by atoms with Crippen LogP contribution in [0.4, 0.5) is 10.1 Å². The Hall–Kier alpha value is -3.92. The highest BCUT2D eigenvalue weighted by Gasteiger charge is 2.34. The minimum absolute atomic E-state index is 0.0750. The second-order valence-electron chi connectivity index (χ2n) is 9.41. The van der Waals surface area contributed by atoms with Crippen LogP contribution in [0.1, 0.15) is 11.1 Å². The molecule has 4 aromatic carbocycles. The first kappa shape index (κ1) is 31.0. The van der Waals surface area contributed by atoms with Gasteiger partial charge in [-0.3, -0.25) is 13.9 Å². The number of nitrogens with zero attached hydrogens (tertiary/aromatic N) is 2. The number of benzene rings is 4. The van der Waals surface area contributed by atoms with E-state index in [4.69, 9.17) is 23.2 Å². The molecule has 1 atom stereocenters. The largest absolute Gasteiger partial charge is 0.357 e. The summed E-state index contributed by atoms with van der Waals surface area (Å²) in [4.78, 5) is 28.6. The van der Waals surface area contributed by atoms with Crippen molar-refractivity contribution in [3.05, 3.63) is 130 Å². The molecule has 2 amide bonds. The van der Waals surface area contributed by atoms with Crippen LogP contribution in [-0.4, -0.2) is 44.8 Å². The van der Waals surface area contributed by atoms with Gasteiger partial charge < -0.3 is 10.2 Å². The highest BCUT2D eigenvalue weighted by molar-refractivity contribution is 7.92. The Labute approximate surface area is 254 Å². The molecule has 218 valence electrons. The number of rotatable bonds is 11. The van der Waals surface area contributed by atoms with Crippen molar-refractivity contribution < 1.29 is 22.4 Å². The van der Waals surface area contributed by atoms with Crippen molar-refractivity contribution in [2.45, 2.75) is 23.9 Å². The van der Waals surface area contributed by atoms with Crippen LogP contribution in [-0.2, 0) is 32.6 Å². The molecule has 0 aromatic heterocycles. The normalized spacial score (nSPS) is 11.9. The summed E-state index contributed by atoms with van der Waals surface area (Å²) in [7, 11) is -2.82. The zero-order chi connectivity index (χ0) is 30.3. The Bertz CT molecular complexity index is 1640. The third kappa shape index (κ3) is 7.67. The number of hydrogen-bond acceptors (Lipinski definition) is 4. The number of anilines is 1. The summed E-state index contributed by atoms with van der Waals surface area (Å²) in [5.74, 6) is -1.55. The molecular weight excluding hydrogens is 600 g/mol. The topological polar surface area (TPSA) is 86.8 Å². The van der Waals surface area contributed by atoms with Crippen molar-refractivity contribution in [2.24, 2.45) is 0 Å². The smallest absolute Gasteiger partial charge is 0.264 e. The molecule has 42 heavy (non-hydrogen) atoms. The number of carbonyl (C=O) groups is 2. The van der Waals surface area contributed by atoms with E-state index < -0.39 is 40.2 Å². The first-order chi connectivity index (χ1) is 20.1. The fourth-order valence-corrected chi connectivity index (χ4v) is 6.12. The van der Waals surface area contributed by atoms with E-state index in [0.29, 0.717) is 10.6 Å². The Morgan fingerprint density at radius 1 is 0.833 bits per heavy atom. The van der Waals surface area contributed by atoms with Gasteiger partial charge in [0.05, 0.1) is 10.6 Å². The van der Waals surface area contributed by atoms with Crippen molar-refractivity contribution in [1.29, 1.82) is 0 Å². The van der Waals surface area contributed by atoms with Crippen molar-refractivity contribution >= 4 is 50.7 Å². The van der Waals surface area contributed by atoms with Crippen molar-refractivity contribution in [3.63, 3.8) is 0 Å². The first-order valence-corrected chi connectivity index (χ1v) is 15.1. The second-order valence-corrected chi connectivity index (χ2v) is 12.1. The van der Waals surface area contributed by atoms with E-state index in [9.17, 15) is 22.4 Å². The van der Waals surface area contributed by atoms with Gasteiger partial charge in [0.15, 0.2) is 0 Å². The van der Waals surface area contributed by atoms with Crippen molar-refractivity contribution in [3.8, 4) is 0 Å². The highest BCUT2D eigenvalue weighted by atomic mass is 35.5. The monoisotopic (exact) mass is 627 g/mol. The van der Waals surface area contributed by atoms with Gasteiger partial charge in [-0.2, -0.15) is 0 Å². The van der Waals surface area contributed by atoms with Crippen LogP contribution >= 0.6 is 23.2 Å². The van der Waals surface area contributed by atoms with E-state index in [-0.39, 0.29) is 28.6 Å². The fourth-order valence-electron chi connectivity index (χ4n) is 4.40. The lowest BCUT2D eigenvalue weighted by atomic mass is 10.0. The third-order valence-corrected chi connectivity index (χ3v) is 8.84. The molecular formula is C31H28Cl2FN3O4S. The minimum atomic E-state index is -4.29. The van der Waals surface area contributed by atoms with Crippen LogP contribution < -0.4 is 9.62 Å². The van der Waals surface area contributed by atoms with E-state index in [0.717, 1.165) is 9.87 Å². The van der Waals surface area contributed by atoms with Crippen molar-refractivity contribution in [1.82, 2.24) is 10.2 Å². The number of amides is 2. The SMILES string of the molecule is CNC(=O)[C@H](Cc1ccccc1)N(Cc1ccc(F)cc1)C(=O)CN(c1cccc(Cl)c1)S(=O)(=O)c1ccc(Cl)cc1. The molecule has 0 aliphatic heterocycles. The molecule has 11 heteroatoms. The summed E-state index contributed by atoms with van der Waals surface area (Å²) in [5, 5.41) is 3.23. The predicted molar refractivity (Wildman–Crippen MR) is 162 cm³/mol. The molecule has 0 fully saturated rings. The molecule has 0 radical (unpaired) electrons. The number of nitrogens with one attached hydrogen (secondary N) is 1. The van der Waals surface area contributed by atoms with Gasteiger partial charge in [-0.05, 0) is 65.7 Å². The van der Waals surface area contributed by atoms with E-state index >= 15 is 0 Å². The van der Waals surface area contributed by atoms with E-state index in [1.807, 2.05) is 30.3 Å². The average molecular weight is 629 g/mol. The van der Waals surface area contributed by atoms with E-state index in [1.165, 1.54) is 72.6 Å². The van der Waals surface area contributed by atoms with Crippen LogP contribution in [0.25, 0.3) is 0 Å². The fraction of sp³-hybridized carbons (Fsp3) is 0.161. The minimum Gasteiger partial charge on any atom is -0.357 e. The van der Waals surface area contributed by atoms with Gasteiger partial charge >= 0.3 is 0 Å². The highest BCUT2D eigenvalue weighted by Crippen LogP contribution is 2.28. The standard InChI is InChI=1S/C31H28Cl2FN3O4S/c1-35-31(39)29(18-22-6-3-2-4-7-22)36(20-23-10-14-26(34)15-11-23)30(38)21-37(27-9-5-8-25(33)19-27)42(40,41)28-16-12-24(32)13-17-28/h2-17,19,29H,18,20-21H2,1H3,(H,35,39)/t29-/m0/s1. The first-order valence-electron chi connectivity index (χ1n) is 12.9. The molecule has 4 aromatic rings. The Morgan fingerprint density at radius 3 is 2.12 bits per heavy atom. The molecule has 0 spiro atoms. The predicted octanol–water partition coefficient (Wildman–Crippen LogP) is 5.71. The number of halogens is 3. The van der Waals surface area contributed by atoms with Crippen LogP contribution in [0.3, 0.4) is 0 Å². The quantitative estimate of drug-likeness (QED) is 0.231. The summed E-state index contributed by atoms with van der Waals surface area (Å²) in [6.07, 6.45) is 0.161. The number of carbonyl (C=O) groups excluding carboxylic acids is 2. The van der Waals surface area contributed by atoms with E-state index in [2.05, 4.69) is 5.32 Å². The maximum absolute atomic E-state index is 14.2. The molecule has 0 saturated heterocycles. The lowest BCUT2D eigenvalue weighted by Gasteiger charge is -2.33. The Kier molecular flexibility index (Phi) is 10.2. The molecule has 0 saturated carbocycles. The molecule has 0 aliphatic rings. The van der Waals surface area contributed by atoms with Gasteiger partial charge in [0.2, 0.25) is 11.8 Å². The number of sulfonamides is 1. The number of hydrogen-bond donors (Lipinski definition) is 1. The van der Waals surface area contributed by atoms with E-state index in [1.54, 1.807) is 12.1 Å². The maximum Gasteiger partial charge on any atom is 0.264 e. The molecule has 0 aliphatic carbocycles. The van der Waals surface area contributed by atoms with Gasteiger partial charge in [0.25, 0.3) is 10.0 Å². The summed E-state index contributed by atoms with van der Waals surface area (Å²) < 4.78 is 42.5. The lowest BCUT2D eigenvalue weighted by Crippen LogP contribution is -2.53. The molecule has 4 rings (SSSR count). The van der Waals surface area contributed by atoms with Gasteiger partial charge in [0, 0.05) is 30.1 Å². The Morgan fingerprint density at radius 2 is 1.50 bits per heavy atom. The zero-order valence-electron chi connectivity index (χ0n) is 22.6. The second kappa shape index (κ2) is 13.8. The maximum atomic E-state index is 14.2. The summed E-state index contributed by atoms with van der Waals surface area (Å²) in [6, 6.07) is 25.4. The van der Waals surface area contributed by atoms with Gasteiger partial charge in [-0.15, -0.1) is 0 Å². The third-order valence-electron chi connectivity index (χ3n) is 6.56. The molecule has 1 N–H and O–H groups in total. The zero-order valence-corrected chi connectivity index (χ0v) is 24.9. The van der Waals surface area contributed by atoms with Crippen LogP contribution in [0.2, 0.25) is 10.0 Å². The Balaban J connectivity index is 1.78. The molecule has 0 heterocycles. The molecule has 7 nitrogen and oxygen atoms in total. The van der Waals surface area contributed by atoms with Crippen molar-refractivity contribution in [2.75, 3.05) is 17.9 Å². The molecule has 0 bridgehead atoms. The number of likely N-dealkylation sites (N-methyl/N-ethyl adjacent to an activating group) is 1. The van der Waals surface area contributed by atoms with Crippen LogP contribution in [0.15, 0.2) is 108 Å². The van der Waals surface area contributed by atoms with Gasteiger partial charge in [-0.1, -0.05) is 71.7 Å². The summed E-state index contributed by atoms with van der Waals surface area (Å²) in [5.41, 5.74) is 1.51. The summed E-state index contributed by atoms with van der Waals surface area (Å²) in [6.45, 7) is -0.719. The van der Waals surface area contributed by atoms with Gasteiger partial charge in [0.1, 0.15) is 18.4 Å². The summed E-state index contributed by atoms with van der Waals surface area (Å²) >= 11 is 12.2. The average Bonchev–Trinajstić information content (AvgIpc) is 2.98. The lowest BCUT2D eigenvalue weighted by molar-refractivity contribution is -0.139. The van der Waals surface area contributed by atoms with Crippen LogP contribution in [0, 0.1) is 5.82 Å². The van der Waals surface area contributed by atoms with Crippen LogP contribution in [0.5, 0.6) is 0 Å².